The second-order valence-electron chi connectivity index (χ2n) is 4.30. The molecule has 1 aromatic heterocycles. The van der Waals surface area contributed by atoms with Crippen LogP contribution in [-0.2, 0) is 11.2 Å². The monoisotopic (exact) mass is 263 g/mol. The Hall–Kier alpha value is -2.08. The van der Waals surface area contributed by atoms with Crippen LogP contribution >= 0.6 is 0 Å². The van der Waals surface area contributed by atoms with Crippen LogP contribution in [0.5, 0.6) is 0 Å². The molecule has 6 nitrogen and oxygen atoms in total. The fraction of sp³-hybridized carbons (Fsp3) is 0.385. The van der Waals surface area contributed by atoms with E-state index in [4.69, 9.17) is 4.42 Å². The van der Waals surface area contributed by atoms with E-state index in [2.05, 4.69) is 15.6 Å². The van der Waals surface area contributed by atoms with Crippen molar-refractivity contribution in [1.82, 2.24) is 15.6 Å². The smallest absolute Gasteiger partial charge is 0.408 e. The third-order valence-corrected chi connectivity index (χ3v) is 2.82. The molecule has 0 bridgehead atoms. The number of aromatic nitrogens is 1. The third kappa shape index (κ3) is 3.69. The van der Waals surface area contributed by atoms with Crippen LogP contribution in [0.1, 0.15) is 12.0 Å². The Morgan fingerprint density at radius 3 is 3.00 bits per heavy atom. The number of aromatic amines is 1. The van der Waals surface area contributed by atoms with Gasteiger partial charge in [-0.1, -0.05) is 6.07 Å². The predicted octanol–water partition coefficient (Wildman–Crippen LogP) is 0.389. The Kier molecular flexibility index (Phi) is 4.35. The summed E-state index contributed by atoms with van der Waals surface area (Å²) in [5.74, 6) is -0.417. The Bertz CT molecular complexity index is 615. The molecule has 19 heavy (non-hydrogen) atoms. The van der Waals surface area contributed by atoms with Crippen molar-refractivity contribution in [2.45, 2.75) is 12.8 Å². The third-order valence-electron chi connectivity index (χ3n) is 2.82. The summed E-state index contributed by atoms with van der Waals surface area (Å²) in [6, 6.07) is 5.50. The van der Waals surface area contributed by atoms with Crippen molar-refractivity contribution in [2.75, 3.05) is 20.1 Å². The van der Waals surface area contributed by atoms with Gasteiger partial charge >= 0.3 is 5.76 Å². The van der Waals surface area contributed by atoms with Crippen molar-refractivity contribution in [3.63, 3.8) is 0 Å². The largest absolute Gasteiger partial charge is 0.417 e. The zero-order valence-corrected chi connectivity index (χ0v) is 10.8. The summed E-state index contributed by atoms with van der Waals surface area (Å²) in [7, 11) is 1.81. The Morgan fingerprint density at radius 2 is 2.21 bits per heavy atom. The van der Waals surface area contributed by atoms with Crippen LogP contribution in [0.4, 0.5) is 0 Å². The summed E-state index contributed by atoms with van der Waals surface area (Å²) in [5, 5.41) is 5.77. The number of H-pyrrole nitrogens is 1. The molecule has 0 aliphatic heterocycles. The average Bonchev–Trinajstić information content (AvgIpc) is 2.75. The molecule has 2 aromatic rings. The summed E-state index contributed by atoms with van der Waals surface area (Å²) in [5.41, 5.74) is 2.27. The summed E-state index contributed by atoms with van der Waals surface area (Å²) < 4.78 is 4.92. The maximum Gasteiger partial charge on any atom is 0.417 e. The van der Waals surface area contributed by atoms with E-state index in [1.807, 2.05) is 19.2 Å². The second-order valence-corrected chi connectivity index (χ2v) is 4.30. The number of nitrogens with one attached hydrogen (secondary N) is 3. The van der Waals surface area contributed by atoms with Crippen LogP contribution in [0, 0.1) is 0 Å². The summed E-state index contributed by atoms with van der Waals surface area (Å²) in [6.07, 6.45) is 1.19. The van der Waals surface area contributed by atoms with Crippen LogP contribution < -0.4 is 16.4 Å². The first-order valence-corrected chi connectivity index (χ1v) is 6.22. The second kappa shape index (κ2) is 6.19. The molecule has 0 aliphatic rings. The standard InChI is InChI=1S/C13H17N3O3/c1-14-6-5-12(17)15-7-4-9-2-3-11-10(8-9)16-13(18)19-11/h2-3,8,14H,4-7H2,1H3,(H,15,17)(H,16,18). The van der Waals surface area contributed by atoms with E-state index in [1.54, 1.807) is 6.07 Å². The van der Waals surface area contributed by atoms with E-state index in [9.17, 15) is 9.59 Å². The van der Waals surface area contributed by atoms with Crippen molar-refractivity contribution < 1.29 is 9.21 Å². The van der Waals surface area contributed by atoms with E-state index in [1.165, 1.54) is 0 Å². The van der Waals surface area contributed by atoms with Crippen molar-refractivity contribution in [3.05, 3.63) is 34.3 Å². The van der Waals surface area contributed by atoms with E-state index >= 15 is 0 Å². The molecule has 1 aromatic carbocycles. The van der Waals surface area contributed by atoms with Gasteiger partial charge in [-0.25, -0.2) is 4.79 Å². The number of hydrogen-bond acceptors (Lipinski definition) is 4. The van der Waals surface area contributed by atoms with Gasteiger partial charge in [0.05, 0.1) is 5.52 Å². The molecule has 0 saturated heterocycles. The van der Waals surface area contributed by atoms with Gasteiger partial charge in [0.15, 0.2) is 5.58 Å². The topological polar surface area (TPSA) is 87.1 Å². The minimum Gasteiger partial charge on any atom is -0.408 e. The van der Waals surface area contributed by atoms with Gasteiger partial charge in [0.1, 0.15) is 0 Å². The lowest BCUT2D eigenvalue weighted by molar-refractivity contribution is -0.120. The Morgan fingerprint density at radius 1 is 1.37 bits per heavy atom. The molecule has 0 fully saturated rings. The number of fused-ring (bicyclic) bond motifs is 1. The van der Waals surface area contributed by atoms with Gasteiger partial charge in [0.2, 0.25) is 5.91 Å². The number of carbonyl (C=O) groups excluding carboxylic acids is 1. The molecule has 102 valence electrons. The highest BCUT2D eigenvalue weighted by Crippen LogP contribution is 2.12. The molecule has 0 saturated carbocycles. The normalized spacial score (nSPS) is 10.8. The highest BCUT2D eigenvalue weighted by Gasteiger charge is 2.03. The van der Waals surface area contributed by atoms with E-state index in [0.717, 1.165) is 5.56 Å². The maximum atomic E-state index is 11.4. The Balaban J connectivity index is 1.87. The molecule has 0 unspecified atom stereocenters. The molecule has 2 rings (SSSR count). The lowest BCUT2D eigenvalue weighted by atomic mass is 10.1. The average molecular weight is 263 g/mol. The van der Waals surface area contributed by atoms with E-state index < -0.39 is 5.76 Å². The first kappa shape index (κ1) is 13.4. The molecule has 0 spiro atoms. The van der Waals surface area contributed by atoms with Crippen LogP contribution in [0.15, 0.2) is 27.4 Å². The number of benzene rings is 1. The van der Waals surface area contributed by atoms with Gasteiger partial charge in [0.25, 0.3) is 0 Å². The zero-order valence-electron chi connectivity index (χ0n) is 10.8. The SMILES string of the molecule is CNCCC(=O)NCCc1ccc2oc(=O)[nH]c2c1. The van der Waals surface area contributed by atoms with Gasteiger partial charge in [-0.2, -0.15) is 0 Å². The van der Waals surface area contributed by atoms with Gasteiger partial charge in [-0.15, -0.1) is 0 Å². The molecule has 0 radical (unpaired) electrons. The number of hydrogen-bond donors (Lipinski definition) is 3. The zero-order chi connectivity index (χ0) is 13.7. The quantitative estimate of drug-likeness (QED) is 0.703. The van der Waals surface area contributed by atoms with Crippen LogP contribution in [0.25, 0.3) is 11.1 Å². The fourth-order valence-corrected chi connectivity index (χ4v) is 1.83. The molecular formula is C13H17N3O3. The van der Waals surface area contributed by atoms with Gasteiger partial charge in [0, 0.05) is 19.5 Å². The fourth-order valence-electron chi connectivity index (χ4n) is 1.83. The Labute approximate surface area is 110 Å². The minimum absolute atomic E-state index is 0.0344. The molecule has 0 aliphatic carbocycles. The van der Waals surface area contributed by atoms with Crippen LogP contribution in [-0.4, -0.2) is 31.0 Å². The molecule has 0 atom stereocenters. The van der Waals surface area contributed by atoms with Crippen LogP contribution in [0.3, 0.4) is 0 Å². The lowest BCUT2D eigenvalue weighted by Crippen LogP contribution is -2.28. The number of carbonyl (C=O) groups is 1. The van der Waals surface area contributed by atoms with E-state index in [0.29, 0.717) is 37.0 Å². The summed E-state index contributed by atoms with van der Waals surface area (Å²) >= 11 is 0. The molecule has 6 heteroatoms. The minimum atomic E-state index is -0.451. The van der Waals surface area contributed by atoms with Gasteiger partial charge < -0.3 is 15.1 Å². The molecule has 1 heterocycles. The number of rotatable bonds is 6. The number of amides is 1. The molecule has 1 amide bonds. The highest BCUT2D eigenvalue weighted by atomic mass is 16.4. The van der Waals surface area contributed by atoms with Crippen molar-refractivity contribution in [1.29, 1.82) is 0 Å². The van der Waals surface area contributed by atoms with Crippen molar-refractivity contribution >= 4 is 17.0 Å². The summed E-state index contributed by atoms with van der Waals surface area (Å²) in [4.78, 5) is 25.0. The first-order valence-electron chi connectivity index (χ1n) is 6.22. The molecular weight excluding hydrogens is 246 g/mol. The van der Waals surface area contributed by atoms with Crippen molar-refractivity contribution in [3.8, 4) is 0 Å². The van der Waals surface area contributed by atoms with Gasteiger partial charge in [-0.3, -0.25) is 9.78 Å². The van der Waals surface area contributed by atoms with Gasteiger partial charge in [-0.05, 0) is 31.2 Å². The lowest BCUT2D eigenvalue weighted by Gasteiger charge is -2.05. The van der Waals surface area contributed by atoms with Crippen molar-refractivity contribution in [2.24, 2.45) is 0 Å². The number of oxazole rings is 1. The highest BCUT2D eigenvalue weighted by molar-refractivity contribution is 5.76. The predicted molar refractivity (Wildman–Crippen MR) is 72.1 cm³/mol. The molecule has 3 N–H and O–H groups in total. The summed E-state index contributed by atoms with van der Waals surface area (Å²) in [6.45, 7) is 1.25. The first-order chi connectivity index (χ1) is 9.19. The maximum absolute atomic E-state index is 11.4. The van der Waals surface area contributed by atoms with Crippen LogP contribution in [0.2, 0.25) is 0 Å². The van der Waals surface area contributed by atoms with E-state index in [-0.39, 0.29) is 5.91 Å².